The normalized spacial score (nSPS) is 14.8. The van der Waals surface area contributed by atoms with Crippen molar-refractivity contribution >= 4 is 47.0 Å². The molecule has 1 heterocycles. The molecule has 4 aromatic rings. The monoisotopic (exact) mass is 944 g/mol. The van der Waals surface area contributed by atoms with Gasteiger partial charge in [0.15, 0.2) is 0 Å². The van der Waals surface area contributed by atoms with E-state index < -0.39 is 0 Å². The zero-order valence-corrected chi connectivity index (χ0v) is 46.1. The van der Waals surface area contributed by atoms with Crippen molar-refractivity contribution in [2.45, 2.75) is 225 Å². The summed E-state index contributed by atoms with van der Waals surface area (Å²) in [5.74, 6) is 0.470. The zero-order valence-electron chi connectivity index (χ0n) is 42.9. The number of fused-ring (bicyclic) bond motifs is 8. The first kappa shape index (κ1) is 52.4. The van der Waals surface area contributed by atoms with Gasteiger partial charge in [-0.3, -0.25) is 0 Å². The predicted molar refractivity (Wildman–Crippen MR) is 277 cm³/mol. The summed E-state index contributed by atoms with van der Waals surface area (Å²) in [5.41, 5.74) is 3.38. The fourth-order valence-corrected chi connectivity index (χ4v) is 15.0. The molecule has 1 aliphatic rings. The number of rotatable bonds is 8. The third kappa shape index (κ3) is 12.9. The van der Waals surface area contributed by atoms with Crippen molar-refractivity contribution in [2.75, 3.05) is 0 Å². The van der Waals surface area contributed by atoms with Gasteiger partial charge in [0, 0.05) is 0 Å². The number of hydrogen-bond acceptors (Lipinski definition) is 8. The van der Waals surface area contributed by atoms with Gasteiger partial charge >= 0.3 is 0 Å². The van der Waals surface area contributed by atoms with Crippen molar-refractivity contribution in [3.63, 3.8) is 0 Å². The summed E-state index contributed by atoms with van der Waals surface area (Å²) in [7, 11) is 0. The highest BCUT2D eigenvalue weighted by molar-refractivity contribution is 8.01. The van der Waals surface area contributed by atoms with Crippen LogP contribution in [0.2, 0.25) is 0 Å². The number of benzene rings is 4. The van der Waals surface area contributed by atoms with Crippen molar-refractivity contribution in [1.82, 2.24) is 0 Å². The van der Waals surface area contributed by atoms with Crippen LogP contribution in [-0.2, 0) is 21.7 Å². The highest BCUT2D eigenvalue weighted by atomic mass is 32.2. The highest BCUT2D eigenvalue weighted by Crippen LogP contribution is 2.57. The third-order valence-electron chi connectivity index (χ3n) is 12.1. The Morgan fingerprint density at radius 1 is 0.266 bits per heavy atom. The Labute approximate surface area is 405 Å². The van der Waals surface area contributed by atoms with Gasteiger partial charge in [-0.2, -0.15) is 0 Å². The molecule has 0 saturated heterocycles. The van der Waals surface area contributed by atoms with Gasteiger partial charge in [-0.25, -0.2) is 0 Å². The average Bonchev–Trinajstić information content (AvgIpc) is 3.06. The van der Waals surface area contributed by atoms with Crippen molar-refractivity contribution in [3.05, 3.63) is 70.8 Å². The maximum absolute atomic E-state index is 12.5. The maximum Gasteiger partial charge on any atom is 0.143 e. The summed E-state index contributed by atoms with van der Waals surface area (Å²) >= 11 is 5.53. The number of hydrogen-bond donors (Lipinski definition) is 4. The lowest BCUT2D eigenvalue weighted by Crippen LogP contribution is -2.25. The van der Waals surface area contributed by atoms with E-state index in [1.54, 1.807) is 0 Å². The molecule has 0 spiro atoms. The minimum atomic E-state index is -0.269. The Balaban J connectivity index is 1.93. The molecule has 0 aromatic heterocycles. The minimum absolute atomic E-state index is 0.0355. The third-order valence-corrected chi connectivity index (χ3v) is 16.3. The fourth-order valence-electron chi connectivity index (χ4n) is 10.7. The molecule has 4 N–H and O–H groups in total. The second-order valence-electron chi connectivity index (χ2n) is 26.2. The molecule has 5 rings (SSSR count). The maximum atomic E-state index is 12.5. The lowest BCUT2D eigenvalue weighted by molar-refractivity contribution is 0.282. The van der Waals surface area contributed by atoms with Crippen LogP contribution in [0, 0.1) is 21.7 Å². The van der Waals surface area contributed by atoms with E-state index >= 15 is 0 Å². The minimum Gasteiger partial charge on any atom is -0.506 e. The molecule has 0 fully saturated rings. The molecular formula is C56H80O4S4. The Morgan fingerprint density at radius 2 is 0.391 bits per heavy atom. The molecule has 0 radical (unpaired) electrons. The SMILES string of the molecule is CC(C)(C)CC(C)(C)c1cc2c(O)c(c1)Sc1cc(C(C)(C)CC(C)(C)C)cc(c1O)Sc1cc(C(C)(C)CC(C)(C)C)cc(c1O)Sc1cc(C(C)(C)CC(C)(C)C)cc(c1O)S2. The summed E-state index contributed by atoms with van der Waals surface area (Å²) in [6.45, 7) is 45.2. The molecule has 0 unspecified atom stereocenters. The molecule has 0 amide bonds. The van der Waals surface area contributed by atoms with E-state index in [0.29, 0.717) is 39.2 Å². The van der Waals surface area contributed by atoms with Gasteiger partial charge in [-0.1, -0.05) is 186 Å². The lowest BCUT2D eigenvalue weighted by atomic mass is 9.72. The summed E-state index contributed by atoms with van der Waals surface area (Å²) in [4.78, 5) is 5.11. The van der Waals surface area contributed by atoms with E-state index in [0.717, 1.165) is 47.9 Å². The standard InChI is InChI=1S/C56H80O4S4/c1-49(2,3)29-53(13,14)33-21-37-45(57)38(22-33)62-40-24-35(55(17,18)31-51(7,8)9)26-42(47(40)59)64-44-28-36(56(19,20)32-52(10,11)12)27-43(48(44)60)63-41-25-34(23-39(61-37)46(41)58)54(15,16)30-50(4,5)6/h21-28,57-60H,29-32H2,1-20H3. The lowest BCUT2D eigenvalue weighted by Gasteiger charge is -2.35. The van der Waals surface area contributed by atoms with Gasteiger partial charge in [0.2, 0.25) is 0 Å². The van der Waals surface area contributed by atoms with Crippen LogP contribution in [0.15, 0.2) is 87.7 Å². The molecule has 0 atom stereocenters. The number of phenols is 4. The van der Waals surface area contributed by atoms with Gasteiger partial charge in [0.05, 0.1) is 39.2 Å². The summed E-state index contributed by atoms with van der Waals surface area (Å²) in [6, 6.07) is 16.8. The topological polar surface area (TPSA) is 80.9 Å². The van der Waals surface area contributed by atoms with E-state index in [1.807, 2.05) is 0 Å². The fraction of sp³-hybridized carbons (Fsp3) is 0.571. The van der Waals surface area contributed by atoms with Crippen LogP contribution >= 0.6 is 47.0 Å². The molecular weight excluding hydrogens is 865 g/mol. The Bertz CT molecular complexity index is 1950. The molecule has 64 heavy (non-hydrogen) atoms. The van der Waals surface area contributed by atoms with Crippen molar-refractivity contribution in [1.29, 1.82) is 0 Å². The van der Waals surface area contributed by atoms with Gasteiger partial charge in [0.25, 0.3) is 0 Å². The van der Waals surface area contributed by atoms with Crippen molar-refractivity contribution in [3.8, 4) is 23.0 Å². The smallest absolute Gasteiger partial charge is 0.143 e. The van der Waals surface area contributed by atoms with E-state index in [1.165, 1.54) is 47.0 Å². The van der Waals surface area contributed by atoms with Crippen LogP contribution in [0.5, 0.6) is 23.0 Å². The predicted octanol–water partition coefficient (Wildman–Crippen LogP) is 18.3. The van der Waals surface area contributed by atoms with E-state index in [2.05, 4.69) is 187 Å². The van der Waals surface area contributed by atoms with Crippen LogP contribution in [-0.4, -0.2) is 20.4 Å². The second-order valence-corrected chi connectivity index (χ2v) is 30.5. The van der Waals surface area contributed by atoms with Gasteiger partial charge in [-0.05, 0) is 140 Å². The summed E-state index contributed by atoms with van der Waals surface area (Å²) < 4.78 is 0. The largest absolute Gasteiger partial charge is 0.506 e. The van der Waals surface area contributed by atoms with Crippen molar-refractivity contribution in [2.24, 2.45) is 21.7 Å². The molecule has 4 nitrogen and oxygen atoms in total. The van der Waals surface area contributed by atoms with E-state index in [9.17, 15) is 20.4 Å². The quantitative estimate of drug-likeness (QED) is 0.123. The van der Waals surface area contributed by atoms with Crippen LogP contribution < -0.4 is 0 Å². The number of phenolic OH excluding ortho intramolecular Hbond substituents is 4. The second kappa shape index (κ2) is 17.9. The van der Waals surface area contributed by atoms with Crippen LogP contribution in [0.4, 0.5) is 0 Å². The van der Waals surface area contributed by atoms with Crippen LogP contribution in [0.1, 0.15) is 186 Å². The number of aromatic hydroxyl groups is 4. The van der Waals surface area contributed by atoms with Gasteiger partial charge in [-0.15, -0.1) is 0 Å². The molecule has 1 aliphatic heterocycles. The zero-order chi connectivity index (χ0) is 48.6. The Kier molecular flexibility index (Phi) is 14.6. The van der Waals surface area contributed by atoms with Crippen LogP contribution in [0.25, 0.3) is 0 Å². The average molecular weight is 946 g/mol. The molecule has 0 aliphatic carbocycles. The van der Waals surface area contributed by atoms with Gasteiger partial charge < -0.3 is 20.4 Å². The molecule has 352 valence electrons. The molecule has 4 aromatic carbocycles. The Morgan fingerprint density at radius 3 is 0.500 bits per heavy atom. The first-order valence-electron chi connectivity index (χ1n) is 23.0. The van der Waals surface area contributed by atoms with E-state index in [4.69, 9.17) is 0 Å². The molecule has 8 heteroatoms. The Hall–Kier alpha value is -2.52. The summed E-state index contributed by atoms with van der Waals surface area (Å²) in [6.07, 6.45) is 3.61. The highest BCUT2D eigenvalue weighted by Gasteiger charge is 2.35. The molecule has 0 saturated carbocycles. The summed E-state index contributed by atoms with van der Waals surface area (Å²) in [5, 5.41) is 49.9. The van der Waals surface area contributed by atoms with E-state index in [-0.39, 0.29) is 66.3 Å². The van der Waals surface area contributed by atoms with Crippen molar-refractivity contribution < 1.29 is 20.4 Å². The first-order chi connectivity index (χ1) is 28.8. The first-order valence-corrected chi connectivity index (χ1v) is 26.2. The van der Waals surface area contributed by atoms with Gasteiger partial charge in [0.1, 0.15) is 23.0 Å². The van der Waals surface area contributed by atoms with Crippen LogP contribution in [0.3, 0.4) is 0 Å². The molecule has 8 bridgehead atoms.